The van der Waals surface area contributed by atoms with Crippen LogP contribution >= 0.6 is 11.3 Å². The summed E-state index contributed by atoms with van der Waals surface area (Å²) in [5, 5.41) is 5.51. The molecule has 2 heterocycles. The first-order valence-corrected chi connectivity index (χ1v) is 12.8. The highest BCUT2D eigenvalue weighted by Crippen LogP contribution is 2.26. The molecule has 1 fully saturated rings. The lowest BCUT2D eigenvalue weighted by atomic mass is 10.2. The van der Waals surface area contributed by atoms with E-state index in [4.69, 9.17) is 4.74 Å². The van der Waals surface area contributed by atoms with Gasteiger partial charge in [0.25, 0.3) is 0 Å². The average molecular weight is 487 g/mol. The second-order valence-corrected chi connectivity index (χ2v) is 10.6. The Morgan fingerprint density at radius 1 is 1.06 bits per heavy atom. The van der Waals surface area contributed by atoms with Crippen molar-refractivity contribution in [3.8, 4) is 16.3 Å². The second kappa shape index (κ2) is 10.0. The monoisotopic (exact) mass is 486 g/mol. The van der Waals surface area contributed by atoms with E-state index in [-0.39, 0.29) is 17.2 Å². The summed E-state index contributed by atoms with van der Waals surface area (Å²) in [4.78, 5) is 19.4. The number of aromatic nitrogens is 1. The standard InChI is InChI=1S/C23H26N4O4S2/c1-26-11-13-27(14-12-26)33(29,30)21-9-5-18(6-10-21)24-22(28)15-19-16-32-23(25-19)17-3-7-20(31-2)8-4-17/h3-10,16H,11-15H2,1-2H3,(H,24,28). The van der Waals surface area contributed by atoms with Gasteiger partial charge < -0.3 is 15.0 Å². The summed E-state index contributed by atoms with van der Waals surface area (Å²) in [6.45, 7) is 2.38. The maximum atomic E-state index is 12.8. The number of hydrogen-bond donors (Lipinski definition) is 1. The zero-order valence-corrected chi connectivity index (χ0v) is 20.2. The molecule has 10 heteroatoms. The fourth-order valence-corrected chi connectivity index (χ4v) is 5.76. The lowest BCUT2D eigenvalue weighted by molar-refractivity contribution is -0.115. The Morgan fingerprint density at radius 2 is 1.73 bits per heavy atom. The van der Waals surface area contributed by atoms with Gasteiger partial charge in [-0.1, -0.05) is 0 Å². The largest absolute Gasteiger partial charge is 0.497 e. The molecule has 1 amide bonds. The van der Waals surface area contributed by atoms with Crippen LogP contribution in [0.5, 0.6) is 5.75 Å². The fraction of sp³-hybridized carbons (Fsp3) is 0.304. The molecule has 0 unspecified atom stereocenters. The number of rotatable bonds is 7. The lowest BCUT2D eigenvalue weighted by Crippen LogP contribution is -2.46. The molecule has 0 radical (unpaired) electrons. The Bertz CT molecular complexity index is 1200. The Hall–Kier alpha value is -2.79. The first-order chi connectivity index (χ1) is 15.8. The van der Waals surface area contributed by atoms with Crippen LogP contribution in [0.1, 0.15) is 5.69 Å². The molecule has 0 bridgehead atoms. The maximum Gasteiger partial charge on any atom is 0.243 e. The SMILES string of the molecule is COc1ccc(-c2nc(CC(=O)Nc3ccc(S(=O)(=O)N4CCN(C)CC4)cc3)cs2)cc1. The molecule has 174 valence electrons. The van der Waals surface area contributed by atoms with Crippen molar-refractivity contribution in [2.24, 2.45) is 0 Å². The predicted molar refractivity (Wildman–Crippen MR) is 129 cm³/mol. The second-order valence-electron chi connectivity index (χ2n) is 7.83. The van der Waals surface area contributed by atoms with Crippen LogP contribution in [-0.4, -0.2) is 68.9 Å². The zero-order chi connectivity index (χ0) is 23.4. The van der Waals surface area contributed by atoms with Gasteiger partial charge in [0.05, 0.1) is 24.1 Å². The van der Waals surface area contributed by atoms with Crippen molar-refractivity contribution in [2.75, 3.05) is 45.7 Å². The highest BCUT2D eigenvalue weighted by Gasteiger charge is 2.27. The van der Waals surface area contributed by atoms with Gasteiger partial charge in [-0.15, -0.1) is 11.3 Å². The molecule has 1 saturated heterocycles. The molecule has 3 aromatic rings. The highest BCUT2D eigenvalue weighted by molar-refractivity contribution is 7.89. The van der Waals surface area contributed by atoms with E-state index in [1.807, 2.05) is 36.7 Å². The third kappa shape index (κ3) is 5.59. The van der Waals surface area contributed by atoms with E-state index < -0.39 is 10.0 Å². The molecular weight excluding hydrogens is 460 g/mol. The van der Waals surface area contributed by atoms with Crippen LogP contribution in [-0.2, 0) is 21.2 Å². The minimum Gasteiger partial charge on any atom is -0.497 e. The predicted octanol–water partition coefficient (Wildman–Crippen LogP) is 2.94. The highest BCUT2D eigenvalue weighted by atomic mass is 32.2. The topological polar surface area (TPSA) is 91.8 Å². The number of hydrogen-bond acceptors (Lipinski definition) is 7. The average Bonchev–Trinajstić information content (AvgIpc) is 3.28. The number of benzene rings is 2. The van der Waals surface area contributed by atoms with Gasteiger partial charge >= 0.3 is 0 Å². The molecule has 1 aliphatic heterocycles. The summed E-state index contributed by atoms with van der Waals surface area (Å²) in [6.07, 6.45) is 0.133. The van der Waals surface area contributed by atoms with Crippen LogP contribution in [0.15, 0.2) is 58.8 Å². The van der Waals surface area contributed by atoms with Gasteiger partial charge in [0.15, 0.2) is 0 Å². The number of piperazine rings is 1. The Labute approximate surface area is 197 Å². The number of carbonyl (C=O) groups is 1. The number of anilines is 1. The van der Waals surface area contributed by atoms with Crippen LogP contribution in [0.2, 0.25) is 0 Å². The summed E-state index contributed by atoms with van der Waals surface area (Å²) >= 11 is 1.48. The smallest absolute Gasteiger partial charge is 0.243 e. The molecule has 2 aromatic carbocycles. The first-order valence-electron chi connectivity index (χ1n) is 10.5. The molecule has 0 spiro atoms. The minimum absolute atomic E-state index is 0.133. The lowest BCUT2D eigenvalue weighted by Gasteiger charge is -2.31. The molecule has 33 heavy (non-hydrogen) atoms. The summed E-state index contributed by atoms with van der Waals surface area (Å²) in [5.41, 5.74) is 2.19. The molecule has 8 nitrogen and oxygen atoms in total. The molecule has 1 N–H and O–H groups in total. The molecule has 0 aliphatic carbocycles. The Balaban J connectivity index is 1.36. The first kappa shape index (κ1) is 23.4. The van der Waals surface area contributed by atoms with Gasteiger partial charge in [0.2, 0.25) is 15.9 Å². The summed E-state index contributed by atoms with van der Waals surface area (Å²) < 4.78 is 32.3. The van der Waals surface area contributed by atoms with E-state index in [9.17, 15) is 13.2 Å². The number of nitrogens with zero attached hydrogens (tertiary/aromatic N) is 3. The van der Waals surface area contributed by atoms with Crippen molar-refractivity contribution in [1.29, 1.82) is 0 Å². The number of methoxy groups -OCH3 is 1. The quantitative estimate of drug-likeness (QED) is 0.552. The van der Waals surface area contributed by atoms with Crippen molar-refractivity contribution in [2.45, 2.75) is 11.3 Å². The van der Waals surface area contributed by atoms with Crippen LogP contribution < -0.4 is 10.1 Å². The van der Waals surface area contributed by atoms with Crippen molar-refractivity contribution in [1.82, 2.24) is 14.2 Å². The molecular formula is C23H26N4O4S2. The number of likely N-dealkylation sites (N-methyl/N-ethyl adjacent to an activating group) is 1. The van der Waals surface area contributed by atoms with Crippen LogP contribution in [0.25, 0.3) is 10.6 Å². The van der Waals surface area contributed by atoms with Crippen molar-refractivity contribution >= 4 is 33.0 Å². The molecule has 1 aliphatic rings. The molecule has 0 atom stereocenters. The molecule has 1 aromatic heterocycles. The summed E-state index contributed by atoms with van der Waals surface area (Å²) in [5.74, 6) is 0.563. The van der Waals surface area contributed by atoms with Gasteiger partial charge in [-0.05, 0) is 55.6 Å². The fourth-order valence-electron chi connectivity index (χ4n) is 3.51. The van der Waals surface area contributed by atoms with Gasteiger partial charge in [-0.3, -0.25) is 4.79 Å². The maximum absolute atomic E-state index is 12.8. The number of sulfonamides is 1. The van der Waals surface area contributed by atoms with Crippen LogP contribution in [0.3, 0.4) is 0 Å². The van der Waals surface area contributed by atoms with Gasteiger partial charge in [0.1, 0.15) is 10.8 Å². The van der Waals surface area contributed by atoms with Crippen molar-refractivity contribution in [3.05, 3.63) is 59.6 Å². The number of carbonyl (C=O) groups excluding carboxylic acids is 1. The number of ether oxygens (including phenoxy) is 1. The Morgan fingerprint density at radius 3 is 2.36 bits per heavy atom. The van der Waals surface area contributed by atoms with E-state index in [1.54, 1.807) is 19.2 Å². The third-order valence-corrected chi connectivity index (χ3v) is 8.32. The van der Waals surface area contributed by atoms with Gasteiger partial charge in [-0.25, -0.2) is 13.4 Å². The van der Waals surface area contributed by atoms with Crippen LogP contribution in [0.4, 0.5) is 5.69 Å². The molecule has 4 rings (SSSR count). The number of nitrogens with one attached hydrogen (secondary N) is 1. The van der Waals surface area contributed by atoms with Gasteiger partial charge in [0, 0.05) is 42.8 Å². The van der Waals surface area contributed by atoms with E-state index in [1.165, 1.54) is 27.8 Å². The number of thiazole rings is 1. The van der Waals surface area contributed by atoms with E-state index in [0.717, 1.165) is 16.3 Å². The third-order valence-electron chi connectivity index (χ3n) is 5.47. The van der Waals surface area contributed by atoms with Crippen LogP contribution in [0, 0.1) is 0 Å². The van der Waals surface area contributed by atoms with Crippen molar-refractivity contribution in [3.63, 3.8) is 0 Å². The Kier molecular flexibility index (Phi) is 7.08. The van der Waals surface area contributed by atoms with Gasteiger partial charge in [-0.2, -0.15) is 4.31 Å². The minimum atomic E-state index is -3.53. The number of amides is 1. The van der Waals surface area contributed by atoms with E-state index >= 15 is 0 Å². The summed E-state index contributed by atoms with van der Waals surface area (Å²) in [6, 6.07) is 13.9. The zero-order valence-electron chi connectivity index (χ0n) is 18.5. The van der Waals surface area contributed by atoms with E-state index in [2.05, 4.69) is 15.2 Å². The summed E-state index contributed by atoms with van der Waals surface area (Å²) in [7, 11) is 0.0694. The van der Waals surface area contributed by atoms with E-state index in [0.29, 0.717) is 37.6 Å². The molecule has 0 saturated carbocycles. The van der Waals surface area contributed by atoms with Crippen molar-refractivity contribution < 1.29 is 17.9 Å². The normalized spacial score (nSPS) is 15.3.